The fourth-order valence-corrected chi connectivity index (χ4v) is 4.13. The Morgan fingerprint density at radius 3 is 2.88 bits per heavy atom. The summed E-state index contributed by atoms with van der Waals surface area (Å²) in [6, 6.07) is 1.66. The number of hydrogen-bond acceptors (Lipinski definition) is 4. The predicted molar refractivity (Wildman–Crippen MR) is 63.7 cm³/mol. The van der Waals surface area contributed by atoms with Crippen molar-refractivity contribution in [1.82, 2.24) is 9.78 Å². The molecule has 0 amide bonds. The summed E-state index contributed by atoms with van der Waals surface area (Å²) >= 11 is 0. The lowest BCUT2D eigenvalue weighted by atomic mass is 10.1. The summed E-state index contributed by atoms with van der Waals surface area (Å²) in [6.45, 7) is 0. The minimum Gasteiger partial charge on any atom is -0.296 e. The second-order valence-electron chi connectivity index (χ2n) is 4.49. The Hall–Kier alpha value is -1.17. The van der Waals surface area contributed by atoms with Crippen LogP contribution in [0.5, 0.6) is 0 Å². The van der Waals surface area contributed by atoms with Crippen LogP contribution < -0.4 is 0 Å². The molecule has 1 saturated heterocycles. The molecular weight excluding hydrogens is 240 g/mol. The summed E-state index contributed by atoms with van der Waals surface area (Å²) in [5.41, 5.74) is 1.17. The van der Waals surface area contributed by atoms with Crippen LogP contribution in [0.25, 0.3) is 0 Å². The molecule has 1 unspecified atom stereocenters. The molecule has 1 fully saturated rings. The molecule has 0 bridgehead atoms. The molecule has 2 heterocycles. The van der Waals surface area contributed by atoms with E-state index in [0.29, 0.717) is 24.2 Å². The highest BCUT2D eigenvalue weighted by Crippen LogP contribution is 2.22. The number of sulfone groups is 1. The van der Waals surface area contributed by atoms with Crippen molar-refractivity contribution in [1.29, 1.82) is 0 Å². The van der Waals surface area contributed by atoms with Gasteiger partial charge in [-0.15, -0.1) is 0 Å². The van der Waals surface area contributed by atoms with Gasteiger partial charge < -0.3 is 0 Å². The van der Waals surface area contributed by atoms with Crippen LogP contribution in [0.1, 0.15) is 35.4 Å². The summed E-state index contributed by atoms with van der Waals surface area (Å²) in [6.07, 6.45) is 3.57. The van der Waals surface area contributed by atoms with Gasteiger partial charge >= 0.3 is 0 Å². The molecule has 1 aromatic rings. The van der Waals surface area contributed by atoms with Gasteiger partial charge in [-0.2, -0.15) is 5.10 Å². The number of aromatic nitrogens is 2. The van der Waals surface area contributed by atoms with Crippen LogP contribution in [0.15, 0.2) is 6.07 Å². The smallest absolute Gasteiger partial charge is 0.168 e. The Balaban J connectivity index is 2.17. The van der Waals surface area contributed by atoms with Gasteiger partial charge in [-0.3, -0.25) is 9.48 Å². The van der Waals surface area contributed by atoms with Gasteiger partial charge in [0.05, 0.1) is 16.7 Å². The largest absolute Gasteiger partial charge is 0.296 e. The molecule has 6 heteroatoms. The van der Waals surface area contributed by atoms with Gasteiger partial charge in [0.1, 0.15) is 5.69 Å². The van der Waals surface area contributed by atoms with E-state index in [9.17, 15) is 13.2 Å². The van der Waals surface area contributed by atoms with Crippen molar-refractivity contribution < 1.29 is 13.2 Å². The lowest BCUT2D eigenvalue weighted by molar-refractivity contribution is 0.111. The van der Waals surface area contributed by atoms with Gasteiger partial charge in [-0.1, -0.05) is 6.42 Å². The zero-order chi connectivity index (χ0) is 12.5. The van der Waals surface area contributed by atoms with E-state index in [1.54, 1.807) is 13.1 Å². The Morgan fingerprint density at radius 2 is 2.29 bits per heavy atom. The molecule has 0 aliphatic carbocycles. The van der Waals surface area contributed by atoms with Crippen molar-refractivity contribution in [2.24, 2.45) is 7.05 Å². The molecule has 1 atom stereocenters. The van der Waals surface area contributed by atoms with Gasteiger partial charge in [0, 0.05) is 13.5 Å². The van der Waals surface area contributed by atoms with Crippen molar-refractivity contribution >= 4 is 16.1 Å². The van der Waals surface area contributed by atoms with Gasteiger partial charge in [0.2, 0.25) is 0 Å². The summed E-state index contributed by atoms with van der Waals surface area (Å²) in [4.78, 5) is 10.7. The van der Waals surface area contributed by atoms with Gasteiger partial charge in [0.15, 0.2) is 16.1 Å². The van der Waals surface area contributed by atoms with E-state index < -0.39 is 9.84 Å². The van der Waals surface area contributed by atoms with Crippen molar-refractivity contribution in [3.63, 3.8) is 0 Å². The van der Waals surface area contributed by atoms with E-state index in [4.69, 9.17) is 0 Å². The average molecular weight is 256 g/mol. The fourth-order valence-electron chi connectivity index (χ4n) is 2.24. The van der Waals surface area contributed by atoms with E-state index in [2.05, 4.69) is 5.10 Å². The van der Waals surface area contributed by atoms with Gasteiger partial charge in [0.25, 0.3) is 0 Å². The normalized spacial score (nSPS) is 23.5. The van der Waals surface area contributed by atoms with Crippen LogP contribution >= 0.6 is 0 Å². The van der Waals surface area contributed by atoms with E-state index in [-0.39, 0.29) is 11.0 Å². The predicted octanol–water partition coefficient (Wildman–Crippen LogP) is 0.742. The maximum atomic E-state index is 11.8. The second kappa shape index (κ2) is 4.60. The molecule has 2 rings (SSSR count). The highest BCUT2D eigenvalue weighted by atomic mass is 32.2. The molecule has 94 valence electrons. The average Bonchev–Trinajstić information content (AvgIpc) is 2.62. The zero-order valence-corrected chi connectivity index (χ0v) is 10.6. The van der Waals surface area contributed by atoms with Crippen LogP contribution in [0.2, 0.25) is 0 Å². The minimum atomic E-state index is -2.97. The molecule has 1 aliphatic heterocycles. The van der Waals surface area contributed by atoms with Crippen molar-refractivity contribution in [2.45, 2.75) is 30.9 Å². The first-order chi connectivity index (χ1) is 8.03. The molecular formula is C11H16N2O3S. The number of nitrogens with zero attached hydrogens (tertiary/aromatic N) is 2. The third-order valence-electron chi connectivity index (χ3n) is 3.24. The SMILES string of the molecule is Cn1nc(CC2CCCCS2(=O)=O)cc1C=O. The molecule has 1 aromatic heterocycles. The molecule has 1 aliphatic rings. The highest BCUT2D eigenvalue weighted by molar-refractivity contribution is 7.92. The van der Waals surface area contributed by atoms with Crippen molar-refractivity contribution in [3.05, 3.63) is 17.5 Å². The Morgan fingerprint density at radius 1 is 1.53 bits per heavy atom. The Bertz CT molecular complexity index is 519. The van der Waals surface area contributed by atoms with E-state index in [1.165, 1.54) is 4.68 Å². The Kier molecular flexibility index (Phi) is 3.33. The molecule has 0 N–H and O–H groups in total. The van der Waals surface area contributed by atoms with Crippen molar-refractivity contribution in [2.75, 3.05) is 5.75 Å². The van der Waals surface area contributed by atoms with Crippen molar-refractivity contribution in [3.8, 4) is 0 Å². The molecule has 0 radical (unpaired) electrons. The highest BCUT2D eigenvalue weighted by Gasteiger charge is 2.29. The minimum absolute atomic E-state index is 0.283. The molecule has 0 saturated carbocycles. The van der Waals surface area contributed by atoms with E-state index >= 15 is 0 Å². The van der Waals surface area contributed by atoms with Gasteiger partial charge in [-0.05, 0) is 18.9 Å². The number of hydrogen-bond donors (Lipinski definition) is 0. The molecule has 0 aromatic carbocycles. The topological polar surface area (TPSA) is 69.0 Å². The lowest BCUT2D eigenvalue weighted by Crippen LogP contribution is -2.30. The summed E-state index contributed by atoms with van der Waals surface area (Å²) in [7, 11) is -1.29. The summed E-state index contributed by atoms with van der Waals surface area (Å²) < 4.78 is 25.2. The standard InChI is InChI=1S/C11H16N2O3S/c1-13-10(8-14)6-9(12-13)7-11-4-2-3-5-17(11,15)16/h6,8,11H,2-5,7H2,1H3. The summed E-state index contributed by atoms with van der Waals surface area (Å²) in [5.74, 6) is 0.283. The third kappa shape index (κ3) is 2.57. The van der Waals surface area contributed by atoms with Crippen LogP contribution in [0.3, 0.4) is 0 Å². The molecule has 17 heavy (non-hydrogen) atoms. The lowest BCUT2D eigenvalue weighted by Gasteiger charge is -2.21. The number of aldehydes is 1. The molecule has 5 nitrogen and oxygen atoms in total. The van der Waals surface area contributed by atoms with Crippen LogP contribution in [0.4, 0.5) is 0 Å². The fraction of sp³-hybridized carbons (Fsp3) is 0.636. The van der Waals surface area contributed by atoms with Crippen LogP contribution in [-0.2, 0) is 23.3 Å². The zero-order valence-electron chi connectivity index (χ0n) is 9.80. The first-order valence-corrected chi connectivity index (χ1v) is 7.44. The quantitative estimate of drug-likeness (QED) is 0.748. The number of carbonyl (C=O) groups excluding carboxylic acids is 1. The van der Waals surface area contributed by atoms with E-state index in [1.807, 2.05) is 0 Å². The van der Waals surface area contributed by atoms with E-state index in [0.717, 1.165) is 19.1 Å². The van der Waals surface area contributed by atoms with Crippen LogP contribution in [0, 0.1) is 0 Å². The second-order valence-corrected chi connectivity index (χ2v) is 6.89. The van der Waals surface area contributed by atoms with Gasteiger partial charge in [-0.25, -0.2) is 8.42 Å². The summed E-state index contributed by atoms with van der Waals surface area (Å²) in [5, 5.41) is 3.83. The number of rotatable bonds is 3. The first-order valence-electron chi connectivity index (χ1n) is 5.72. The number of carbonyl (C=O) groups is 1. The molecule has 0 spiro atoms. The number of aryl methyl sites for hydroxylation is 1. The van der Waals surface area contributed by atoms with Crippen LogP contribution in [-0.4, -0.2) is 35.5 Å². The maximum absolute atomic E-state index is 11.8. The third-order valence-corrected chi connectivity index (χ3v) is 5.51. The first kappa shape index (κ1) is 12.3. The monoisotopic (exact) mass is 256 g/mol. The Labute approximate surface area is 101 Å². The maximum Gasteiger partial charge on any atom is 0.168 e.